The topological polar surface area (TPSA) is 82.3 Å². The van der Waals surface area contributed by atoms with E-state index in [-0.39, 0.29) is 11.8 Å². The van der Waals surface area contributed by atoms with Crippen molar-refractivity contribution in [3.63, 3.8) is 0 Å². The number of carbonyl (C=O) groups is 2. The number of hydrogen-bond donors (Lipinski definition) is 4. The summed E-state index contributed by atoms with van der Waals surface area (Å²) >= 11 is 0. The lowest BCUT2D eigenvalue weighted by molar-refractivity contribution is -0.118. The zero-order chi connectivity index (χ0) is 16.4. The maximum absolute atomic E-state index is 11.4. The summed E-state index contributed by atoms with van der Waals surface area (Å²) in [6.07, 6.45) is 7.16. The molecule has 4 aliphatic rings. The summed E-state index contributed by atoms with van der Waals surface area (Å²) in [6, 6.07) is 0. The van der Waals surface area contributed by atoms with Gasteiger partial charge in [-0.15, -0.1) is 0 Å². The van der Waals surface area contributed by atoms with Crippen molar-refractivity contribution in [2.45, 2.75) is 44.9 Å². The molecule has 6 heteroatoms. The van der Waals surface area contributed by atoms with E-state index in [0.717, 1.165) is 61.1 Å². The van der Waals surface area contributed by atoms with Crippen molar-refractivity contribution in [1.82, 2.24) is 21.3 Å². The molecule has 0 atom stereocenters. The number of amides is 2. The fourth-order valence-corrected chi connectivity index (χ4v) is 3.28. The van der Waals surface area contributed by atoms with Crippen molar-refractivity contribution in [3.8, 4) is 0 Å². The highest BCUT2D eigenvalue weighted by Gasteiger charge is 2.25. The van der Waals surface area contributed by atoms with Gasteiger partial charge in [-0.1, -0.05) is 13.2 Å². The molecule has 0 fully saturated rings. The van der Waals surface area contributed by atoms with Gasteiger partial charge in [-0.3, -0.25) is 9.59 Å². The fourth-order valence-electron chi connectivity index (χ4n) is 3.28. The molecular formula is C17H22N4O2. The molecule has 2 heterocycles. The molecule has 0 aromatic heterocycles. The first-order valence-corrected chi connectivity index (χ1v) is 8.03. The standard InChI is InChI=1S/C9H12N2O.C8H10N2O/c1-6-10-8-5-3-2-4-7(8)9(12)11-6;1-5-9-7-4-2-3-6(7)8(11)10-5/h10H,1-5H2,(H,11,12);9H,1-4H2,(H,10,11). The van der Waals surface area contributed by atoms with Gasteiger partial charge >= 0.3 is 0 Å². The van der Waals surface area contributed by atoms with E-state index in [1.807, 2.05) is 0 Å². The van der Waals surface area contributed by atoms with Crippen LogP contribution in [0, 0.1) is 0 Å². The molecule has 2 aliphatic carbocycles. The lowest BCUT2D eigenvalue weighted by Gasteiger charge is -2.26. The number of carbonyl (C=O) groups excluding carboxylic acids is 2. The summed E-state index contributed by atoms with van der Waals surface area (Å²) in [5, 5.41) is 11.5. The molecule has 23 heavy (non-hydrogen) atoms. The van der Waals surface area contributed by atoms with Crippen LogP contribution >= 0.6 is 0 Å². The Kier molecular flexibility index (Phi) is 4.23. The van der Waals surface area contributed by atoms with E-state index in [4.69, 9.17) is 0 Å². The first kappa shape index (κ1) is 15.4. The highest BCUT2D eigenvalue weighted by Crippen LogP contribution is 2.27. The van der Waals surface area contributed by atoms with E-state index in [1.54, 1.807) is 0 Å². The molecule has 0 saturated carbocycles. The van der Waals surface area contributed by atoms with Crippen LogP contribution in [-0.4, -0.2) is 11.8 Å². The predicted molar refractivity (Wildman–Crippen MR) is 87.2 cm³/mol. The first-order valence-electron chi connectivity index (χ1n) is 8.03. The van der Waals surface area contributed by atoms with Crippen LogP contribution in [0.5, 0.6) is 0 Å². The van der Waals surface area contributed by atoms with Gasteiger partial charge in [0.2, 0.25) is 0 Å². The van der Waals surface area contributed by atoms with Crippen molar-refractivity contribution >= 4 is 11.8 Å². The Bertz CT molecular complexity index is 658. The molecule has 122 valence electrons. The Morgan fingerprint density at radius 1 is 0.609 bits per heavy atom. The van der Waals surface area contributed by atoms with Gasteiger partial charge in [0.25, 0.3) is 11.8 Å². The third kappa shape index (κ3) is 3.31. The highest BCUT2D eigenvalue weighted by atomic mass is 16.2. The predicted octanol–water partition coefficient (Wildman–Crippen LogP) is 1.62. The molecule has 0 aromatic rings. The van der Waals surface area contributed by atoms with E-state index in [2.05, 4.69) is 34.4 Å². The smallest absolute Gasteiger partial charge is 0.254 e. The second-order valence-electron chi connectivity index (χ2n) is 6.09. The van der Waals surface area contributed by atoms with Crippen molar-refractivity contribution in [3.05, 3.63) is 47.3 Å². The molecule has 0 unspecified atom stereocenters. The van der Waals surface area contributed by atoms with Crippen LogP contribution in [-0.2, 0) is 9.59 Å². The Morgan fingerprint density at radius 2 is 1.04 bits per heavy atom. The lowest BCUT2D eigenvalue weighted by Crippen LogP contribution is -2.39. The average molecular weight is 314 g/mol. The Morgan fingerprint density at radius 3 is 1.61 bits per heavy atom. The molecule has 2 aliphatic heterocycles. The summed E-state index contributed by atoms with van der Waals surface area (Å²) < 4.78 is 0. The molecule has 0 saturated heterocycles. The Balaban J connectivity index is 0.000000136. The monoisotopic (exact) mass is 314 g/mol. The lowest BCUT2D eigenvalue weighted by atomic mass is 9.94. The highest BCUT2D eigenvalue weighted by molar-refractivity contribution is 5.97. The summed E-state index contributed by atoms with van der Waals surface area (Å²) in [6.45, 7) is 7.33. The van der Waals surface area contributed by atoms with Gasteiger partial charge in [0.1, 0.15) is 11.6 Å². The van der Waals surface area contributed by atoms with E-state index in [1.165, 1.54) is 6.42 Å². The number of allylic oxidation sites excluding steroid dienone is 2. The van der Waals surface area contributed by atoms with Crippen LogP contribution in [0.3, 0.4) is 0 Å². The Labute approximate surface area is 135 Å². The molecule has 0 spiro atoms. The van der Waals surface area contributed by atoms with Crippen LogP contribution < -0.4 is 21.3 Å². The fraction of sp³-hybridized carbons (Fsp3) is 0.412. The molecule has 4 N–H and O–H groups in total. The first-order chi connectivity index (χ1) is 11.0. The van der Waals surface area contributed by atoms with E-state index in [9.17, 15) is 9.59 Å². The summed E-state index contributed by atoms with van der Waals surface area (Å²) in [5.74, 6) is 1.28. The summed E-state index contributed by atoms with van der Waals surface area (Å²) in [7, 11) is 0. The Hall–Kier alpha value is -2.50. The number of nitrogens with one attached hydrogen (secondary N) is 4. The quantitative estimate of drug-likeness (QED) is 0.548. The van der Waals surface area contributed by atoms with Gasteiger partial charge in [-0.25, -0.2) is 0 Å². The van der Waals surface area contributed by atoms with Gasteiger partial charge in [-0.05, 0) is 44.9 Å². The zero-order valence-electron chi connectivity index (χ0n) is 13.2. The third-order valence-electron chi connectivity index (χ3n) is 4.37. The van der Waals surface area contributed by atoms with Crippen LogP contribution in [0.4, 0.5) is 0 Å². The maximum atomic E-state index is 11.4. The second-order valence-corrected chi connectivity index (χ2v) is 6.09. The van der Waals surface area contributed by atoms with Crippen molar-refractivity contribution < 1.29 is 9.59 Å². The van der Waals surface area contributed by atoms with Crippen molar-refractivity contribution in [1.29, 1.82) is 0 Å². The minimum atomic E-state index is 0.0289. The van der Waals surface area contributed by atoms with Crippen molar-refractivity contribution in [2.24, 2.45) is 0 Å². The molecule has 2 amide bonds. The second kappa shape index (κ2) is 6.32. The summed E-state index contributed by atoms with van der Waals surface area (Å²) in [4.78, 5) is 22.6. The van der Waals surface area contributed by atoms with Crippen molar-refractivity contribution in [2.75, 3.05) is 0 Å². The maximum Gasteiger partial charge on any atom is 0.254 e. The van der Waals surface area contributed by atoms with Gasteiger partial charge in [0, 0.05) is 22.5 Å². The largest absolute Gasteiger partial charge is 0.345 e. The van der Waals surface area contributed by atoms with Gasteiger partial charge < -0.3 is 21.3 Å². The molecule has 0 aromatic carbocycles. The molecule has 0 bridgehead atoms. The van der Waals surface area contributed by atoms with E-state index >= 15 is 0 Å². The number of rotatable bonds is 0. The molecule has 0 radical (unpaired) electrons. The average Bonchev–Trinajstić information content (AvgIpc) is 2.96. The van der Waals surface area contributed by atoms with Gasteiger partial charge in [-0.2, -0.15) is 0 Å². The minimum absolute atomic E-state index is 0.0289. The van der Waals surface area contributed by atoms with Crippen LogP contribution in [0.25, 0.3) is 0 Å². The van der Waals surface area contributed by atoms with Crippen LogP contribution in [0.1, 0.15) is 44.9 Å². The molecule has 4 rings (SSSR count). The third-order valence-corrected chi connectivity index (χ3v) is 4.37. The van der Waals surface area contributed by atoms with Gasteiger partial charge in [0.05, 0.1) is 0 Å². The minimum Gasteiger partial charge on any atom is -0.345 e. The number of hydrogen-bond acceptors (Lipinski definition) is 4. The summed E-state index contributed by atoms with van der Waals surface area (Å²) in [5.41, 5.74) is 3.99. The van der Waals surface area contributed by atoms with Gasteiger partial charge in [0.15, 0.2) is 0 Å². The van der Waals surface area contributed by atoms with E-state index in [0.29, 0.717) is 11.6 Å². The zero-order valence-corrected chi connectivity index (χ0v) is 13.2. The normalized spacial score (nSPS) is 23.0. The van der Waals surface area contributed by atoms with E-state index < -0.39 is 0 Å². The van der Waals surface area contributed by atoms with Crippen LogP contribution in [0.2, 0.25) is 0 Å². The SMILES string of the molecule is C=C1NC(=O)C2=C(CCC2)N1.C=C1NC(=O)C2=C(CCCC2)N1. The van der Waals surface area contributed by atoms with Crippen LogP contribution in [0.15, 0.2) is 47.3 Å². The molecular weight excluding hydrogens is 292 g/mol. The molecule has 6 nitrogen and oxygen atoms in total.